The summed E-state index contributed by atoms with van der Waals surface area (Å²) in [6, 6.07) is 12.0. The van der Waals surface area contributed by atoms with E-state index in [1.807, 2.05) is 12.1 Å². The standard InChI is InChI=1S/C19H18Cl2INO4S/c20-14-2-1-13(18(21)9-14)10-23(16-7-8-28(25,26)12-16)19(24)11-27-17-5-3-15(22)4-6-17/h1-6,9,16H,7-8,10-12H2. The lowest BCUT2D eigenvalue weighted by Gasteiger charge is -2.29. The van der Waals surface area contributed by atoms with E-state index in [9.17, 15) is 13.2 Å². The van der Waals surface area contributed by atoms with Gasteiger partial charge in [0.15, 0.2) is 16.4 Å². The summed E-state index contributed by atoms with van der Waals surface area (Å²) in [7, 11) is -3.14. The van der Waals surface area contributed by atoms with Gasteiger partial charge in [0.2, 0.25) is 0 Å². The van der Waals surface area contributed by atoms with E-state index in [1.54, 1.807) is 35.2 Å². The first kappa shape index (κ1) is 21.7. The summed E-state index contributed by atoms with van der Waals surface area (Å²) in [5.74, 6) is 0.324. The Kier molecular flexibility index (Phi) is 7.12. The van der Waals surface area contributed by atoms with Crippen LogP contribution in [0.3, 0.4) is 0 Å². The monoisotopic (exact) mass is 553 g/mol. The van der Waals surface area contributed by atoms with Crippen LogP contribution in [-0.2, 0) is 21.2 Å². The highest BCUT2D eigenvalue weighted by Crippen LogP contribution is 2.26. The van der Waals surface area contributed by atoms with Gasteiger partial charge >= 0.3 is 0 Å². The third-order valence-corrected chi connectivity index (χ3v) is 7.56. The molecule has 1 heterocycles. The van der Waals surface area contributed by atoms with Gasteiger partial charge in [0.1, 0.15) is 5.75 Å². The molecule has 2 aromatic carbocycles. The van der Waals surface area contributed by atoms with Gasteiger partial charge in [-0.25, -0.2) is 8.42 Å². The maximum absolute atomic E-state index is 12.9. The van der Waals surface area contributed by atoms with Crippen molar-refractivity contribution in [3.63, 3.8) is 0 Å². The van der Waals surface area contributed by atoms with Crippen molar-refractivity contribution in [2.45, 2.75) is 19.0 Å². The lowest BCUT2D eigenvalue weighted by atomic mass is 10.1. The highest BCUT2D eigenvalue weighted by molar-refractivity contribution is 14.1. The van der Waals surface area contributed by atoms with E-state index in [0.29, 0.717) is 27.8 Å². The molecule has 0 N–H and O–H groups in total. The molecule has 1 saturated heterocycles. The quantitative estimate of drug-likeness (QED) is 0.503. The predicted octanol–water partition coefficient (Wildman–Crippen LogP) is 4.19. The van der Waals surface area contributed by atoms with Crippen molar-refractivity contribution in [1.29, 1.82) is 0 Å². The zero-order valence-corrected chi connectivity index (χ0v) is 19.3. The number of carbonyl (C=O) groups is 1. The molecular formula is C19H18Cl2INO4S. The molecule has 1 amide bonds. The number of amides is 1. The van der Waals surface area contributed by atoms with Crippen molar-refractivity contribution >= 4 is 61.5 Å². The molecule has 0 saturated carbocycles. The van der Waals surface area contributed by atoms with Crippen molar-refractivity contribution in [3.05, 3.63) is 61.6 Å². The number of halogens is 3. The summed E-state index contributed by atoms with van der Waals surface area (Å²) in [6.07, 6.45) is 0.406. The van der Waals surface area contributed by atoms with Crippen LogP contribution in [0, 0.1) is 3.57 Å². The van der Waals surface area contributed by atoms with E-state index in [-0.39, 0.29) is 30.6 Å². The molecule has 2 aromatic rings. The Morgan fingerprint density at radius 3 is 2.50 bits per heavy atom. The normalized spacial score (nSPS) is 18.0. The first-order chi connectivity index (χ1) is 13.2. The minimum absolute atomic E-state index is 0.0481. The molecule has 1 atom stereocenters. The lowest BCUT2D eigenvalue weighted by Crippen LogP contribution is -2.43. The number of rotatable bonds is 6. The molecule has 1 unspecified atom stereocenters. The van der Waals surface area contributed by atoms with Gasteiger partial charge in [-0.1, -0.05) is 29.3 Å². The summed E-state index contributed by atoms with van der Waals surface area (Å²) >= 11 is 14.4. The zero-order valence-electron chi connectivity index (χ0n) is 14.8. The summed E-state index contributed by atoms with van der Waals surface area (Å²) in [6.45, 7) is 0.0212. The first-order valence-electron chi connectivity index (χ1n) is 8.56. The fraction of sp³-hybridized carbons (Fsp3) is 0.316. The second-order valence-corrected chi connectivity index (χ2v) is 10.9. The molecule has 0 spiro atoms. The molecule has 1 aliphatic rings. The molecule has 5 nitrogen and oxygen atoms in total. The molecule has 0 aromatic heterocycles. The van der Waals surface area contributed by atoms with Gasteiger partial charge in [-0.05, 0) is 71.0 Å². The van der Waals surface area contributed by atoms with E-state index in [4.69, 9.17) is 27.9 Å². The van der Waals surface area contributed by atoms with Crippen LogP contribution in [0.15, 0.2) is 42.5 Å². The number of benzene rings is 2. The van der Waals surface area contributed by atoms with Crippen LogP contribution in [0.2, 0.25) is 10.0 Å². The Labute approximate surface area is 188 Å². The topological polar surface area (TPSA) is 63.7 Å². The molecule has 150 valence electrons. The van der Waals surface area contributed by atoms with E-state index in [0.717, 1.165) is 3.57 Å². The van der Waals surface area contributed by atoms with Gasteiger partial charge in [0.25, 0.3) is 5.91 Å². The molecule has 0 bridgehead atoms. The Balaban J connectivity index is 1.76. The largest absolute Gasteiger partial charge is 0.484 e. The van der Waals surface area contributed by atoms with E-state index >= 15 is 0 Å². The average molecular weight is 554 g/mol. The number of nitrogens with zero attached hydrogens (tertiary/aromatic N) is 1. The first-order valence-corrected chi connectivity index (χ1v) is 12.2. The van der Waals surface area contributed by atoms with Crippen LogP contribution < -0.4 is 4.74 Å². The molecule has 0 radical (unpaired) electrons. The fourth-order valence-electron chi connectivity index (χ4n) is 3.03. The number of sulfone groups is 1. The Hall–Kier alpha value is -1.03. The smallest absolute Gasteiger partial charge is 0.261 e. The predicted molar refractivity (Wildman–Crippen MR) is 119 cm³/mol. The maximum Gasteiger partial charge on any atom is 0.261 e. The van der Waals surface area contributed by atoms with E-state index in [1.165, 1.54) is 0 Å². The molecule has 0 aliphatic carbocycles. The molecular weight excluding hydrogens is 536 g/mol. The minimum atomic E-state index is -3.14. The van der Waals surface area contributed by atoms with Gasteiger partial charge in [-0.2, -0.15) is 0 Å². The average Bonchev–Trinajstić information content (AvgIpc) is 3.00. The van der Waals surface area contributed by atoms with Crippen LogP contribution in [0.4, 0.5) is 0 Å². The summed E-state index contributed by atoms with van der Waals surface area (Å²) in [4.78, 5) is 14.4. The maximum atomic E-state index is 12.9. The van der Waals surface area contributed by atoms with Gasteiger partial charge in [-0.3, -0.25) is 4.79 Å². The SMILES string of the molecule is O=C(COc1ccc(I)cc1)N(Cc1ccc(Cl)cc1Cl)C1CCS(=O)(=O)C1. The van der Waals surface area contributed by atoms with Gasteiger partial charge in [0, 0.05) is 26.2 Å². The van der Waals surface area contributed by atoms with Crippen LogP contribution in [0.25, 0.3) is 0 Å². The van der Waals surface area contributed by atoms with Crippen molar-refractivity contribution < 1.29 is 17.9 Å². The Bertz CT molecular complexity index is 966. The van der Waals surface area contributed by atoms with E-state index < -0.39 is 15.9 Å². The van der Waals surface area contributed by atoms with E-state index in [2.05, 4.69) is 22.6 Å². The molecule has 28 heavy (non-hydrogen) atoms. The minimum Gasteiger partial charge on any atom is -0.484 e. The van der Waals surface area contributed by atoms with Crippen molar-refractivity contribution in [3.8, 4) is 5.75 Å². The fourth-order valence-corrected chi connectivity index (χ4v) is 5.59. The number of carbonyl (C=O) groups excluding carboxylic acids is 1. The molecule has 9 heteroatoms. The van der Waals surface area contributed by atoms with Gasteiger partial charge in [-0.15, -0.1) is 0 Å². The number of ether oxygens (including phenoxy) is 1. The number of hydrogen-bond acceptors (Lipinski definition) is 4. The third kappa shape index (κ3) is 5.75. The number of hydrogen-bond donors (Lipinski definition) is 0. The Morgan fingerprint density at radius 1 is 1.18 bits per heavy atom. The molecule has 1 fully saturated rings. The summed E-state index contributed by atoms with van der Waals surface area (Å²) < 4.78 is 30.5. The molecule has 3 rings (SSSR count). The lowest BCUT2D eigenvalue weighted by molar-refractivity contribution is -0.136. The van der Waals surface area contributed by atoms with Crippen LogP contribution in [0.1, 0.15) is 12.0 Å². The zero-order chi connectivity index (χ0) is 20.3. The van der Waals surface area contributed by atoms with Crippen molar-refractivity contribution in [2.24, 2.45) is 0 Å². The van der Waals surface area contributed by atoms with Crippen molar-refractivity contribution in [1.82, 2.24) is 4.90 Å². The third-order valence-electron chi connectivity index (χ3n) is 4.50. The summed E-state index contributed by atoms with van der Waals surface area (Å²) in [5.41, 5.74) is 0.706. The summed E-state index contributed by atoms with van der Waals surface area (Å²) in [5, 5.41) is 0.932. The van der Waals surface area contributed by atoms with Gasteiger partial charge in [0.05, 0.1) is 11.5 Å². The van der Waals surface area contributed by atoms with Gasteiger partial charge < -0.3 is 9.64 Å². The highest BCUT2D eigenvalue weighted by atomic mass is 127. The second kappa shape index (κ2) is 9.19. The van der Waals surface area contributed by atoms with Crippen LogP contribution in [0.5, 0.6) is 5.75 Å². The Morgan fingerprint density at radius 2 is 1.89 bits per heavy atom. The highest BCUT2D eigenvalue weighted by Gasteiger charge is 2.35. The second-order valence-electron chi connectivity index (χ2n) is 6.56. The van der Waals surface area contributed by atoms with Crippen LogP contribution in [-0.4, -0.2) is 43.4 Å². The van der Waals surface area contributed by atoms with Crippen molar-refractivity contribution in [2.75, 3.05) is 18.1 Å². The van der Waals surface area contributed by atoms with Crippen LogP contribution >= 0.6 is 45.8 Å². The molecule has 1 aliphatic heterocycles.